The second-order valence-corrected chi connectivity index (χ2v) is 3.66. The second-order valence-electron chi connectivity index (χ2n) is 3.66. The fourth-order valence-electron chi connectivity index (χ4n) is 1.54. The average Bonchev–Trinajstić information content (AvgIpc) is 2.28. The van der Waals surface area contributed by atoms with Crippen molar-refractivity contribution in [3.05, 3.63) is 51.9 Å². The average molecular weight is 215 g/mol. The fourth-order valence-corrected chi connectivity index (χ4v) is 1.54. The van der Waals surface area contributed by atoms with Crippen molar-refractivity contribution in [2.24, 2.45) is 5.73 Å². The maximum atomic E-state index is 11.4. The van der Waals surface area contributed by atoms with Crippen molar-refractivity contribution < 1.29 is 0 Å². The highest BCUT2D eigenvalue weighted by atomic mass is 16.1. The Balaban J connectivity index is 2.55. The maximum absolute atomic E-state index is 11.4. The van der Waals surface area contributed by atoms with Crippen LogP contribution in [0.1, 0.15) is 11.3 Å². The van der Waals surface area contributed by atoms with Gasteiger partial charge < -0.3 is 10.7 Å². The van der Waals surface area contributed by atoms with Crippen LogP contribution in [0, 0.1) is 6.92 Å². The van der Waals surface area contributed by atoms with Gasteiger partial charge in [-0.05, 0) is 13.0 Å². The van der Waals surface area contributed by atoms with E-state index in [4.69, 9.17) is 5.73 Å². The lowest BCUT2D eigenvalue weighted by atomic mass is 10.1. The molecule has 0 fully saturated rings. The number of aromatic amines is 1. The number of rotatable bonds is 2. The molecule has 0 bridgehead atoms. The summed E-state index contributed by atoms with van der Waals surface area (Å²) < 4.78 is 0. The van der Waals surface area contributed by atoms with Crippen LogP contribution in [0.2, 0.25) is 0 Å². The lowest BCUT2D eigenvalue weighted by Crippen LogP contribution is -2.12. The van der Waals surface area contributed by atoms with Gasteiger partial charge in [-0.25, -0.2) is 4.98 Å². The van der Waals surface area contributed by atoms with E-state index in [9.17, 15) is 4.79 Å². The molecule has 2 rings (SSSR count). The van der Waals surface area contributed by atoms with E-state index in [1.54, 1.807) is 0 Å². The molecule has 3 N–H and O–H groups in total. The third-order valence-corrected chi connectivity index (χ3v) is 2.30. The highest BCUT2D eigenvalue weighted by Crippen LogP contribution is 2.14. The van der Waals surface area contributed by atoms with Crippen LogP contribution >= 0.6 is 0 Å². The minimum atomic E-state index is -0.174. The second kappa shape index (κ2) is 4.28. The zero-order chi connectivity index (χ0) is 11.5. The highest BCUT2D eigenvalue weighted by molar-refractivity contribution is 5.55. The molecule has 1 aromatic heterocycles. The summed E-state index contributed by atoms with van der Waals surface area (Å²) in [6.45, 7) is 2.26. The number of aryl methyl sites for hydroxylation is 1. The number of benzene rings is 1. The van der Waals surface area contributed by atoms with Crippen molar-refractivity contribution in [2.45, 2.75) is 13.5 Å². The summed E-state index contributed by atoms with van der Waals surface area (Å²) in [6.07, 6.45) is 0. The van der Waals surface area contributed by atoms with Crippen molar-refractivity contribution in [2.75, 3.05) is 0 Å². The molecule has 0 spiro atoms. The minimum absolute atomic E-state index is 0.174. The maximum Gasteiger partial charge on any atom is 0.251 e. The summed E-state index contributed by atoms with van der Waals surface area (Å²) in [5.41, 5.74) is 7.92. The molecular weight excluding hydrogens is 202 g/mol. The Hall–Kier alpha value is -1.94. The highest BCUT2D eigenvalue weighted by Gasteiger charge is 2.02. The number of hydrogen-bond acceptors (Lipinski definition) is 3. The Morgan fingerprint density at radius 1 is 1.38 bits per heavy atom. The summed E-state index contributed by atoms with van der Waals surface area (Å²) in [5, 5.41) is 0. The largest absolute Gasteiger partial charge is 0.325 e. The number of nitrogens with two attached hydrogens (primary N) is 1. The molecule has 4 nitrogen and oxygen atoms in total. The first-order valence-corrected chi connectivity index (χ1v) is 5.06. The van der Waals surface area contributed by atoms with Crippen molar-refractivity contribution in [1.82, 2.24) is 9.97 Å². The van der Waals surface area contributed by atoms with Crippen LogP contribution < -0.4 is 11.3 Å². The van der Waals surface area contributed by atoms with Gasteiger partial charge in [0.1, 0.15) is 5.82 Å². The standard InChI is InChI=1S/C12H13N3O/c1-8-3-2-4-9(5-8)12-14-10(7-13)6-11(16)15-12/h2-6H,7,13H2,1H3,(H,14,15,16). The molecule has 4 heteroatoms. The molecule has 0 saturated carbocycles. The molecular formula is C12H13N3O. The SMILES string of the molecule is Cc1cccc(-c2nc(CN)cc(=O)[nH]2)c1. The molecule has 0 unspecified atom stereocenters. The molecule has 16 heavy (non-hydrogen) atoms. The van der Waals surface area contributed by atoms with Crippen molar-refractivity contribution in [3.8, 4) is 11.4 Å². The normalized spacial score (nSPS) is 10.4. The van der Waals surface area contributed by atoms with Crippen LogP contribution in [0.15, 0.2) is 35.1 Å². The van der Waals surface area contributed by atoms with Gasteiger partial charge in [0.05, 0.1) is 5.69 Å². The van der Waals surface area contributed by atoms with Gasteiger partial charge in [-0.1, -0.05) is 23.8 Å². The molecule has 82 valence electrons. The van der Waals surface area contributed by atoms with Crippen molar-refractivity contribution >= 4 is 0 Å². The Labute approximate surface area is 93.2 Å². The lowest BCUT2D eigenvalue weighted by Gasteiger charge is -2.03. The minimum Gasteiger partial charge on any atom is -0.325 e. The third kappa shape index (κ3) is 2.17. The smallest absolute Gasteiger partial charge is 0.251 e. The van der Waals surface area contributed by atoms with E-state index in [1.807, 2.05) is 31.2 Å². The number of nitrogens with one attached hydrogen (secondary N) is 1. The van der Waals surface area contributed by atoms with E-state index in [-0.39, 0.29) is 12.1 Å². The quantitative estimate of drug-likeness (QED) is 0.790. The zero-order valence-corrected chi connectivity index (χ0v) is 9.03. The third-order valence-electron chi connectivity index (χ3n) is 2.30. The first-order chi connectivity index (χ1) is 7.69. The first-order valence-electron chi connectivity index (χ1n) is 5.06. The Morgan fingerprint density at radius 2 is 2.19 bits per heavy atom. The van der Waals surface area contributed by atoms with Crippen LogP contribution in [0.5, 0.6) is 0 Å². The van der Waals surface area contributed by atoms with Gasteiger partial charge in [0.25, 0.3) is 5.56 Å². The monoisotopic (exact) mass is 215 g/mol. The Kier molecular flexibility index (Phi) is 2.83. The van der Waals surface area contributed by atoms with Crippen LogP contribution in [0.3, 0.4) is 0 Å². The predicted molar refractivity (Wildman–Crippen MR) is 62.9 cm³/mol. The van der Waals surface area contributed by atoms with Crippen LogP contribution in [-0.4, -0.2) is 9.97 Å². The predicted octanol–water partition coefficient (Wildman–Crippen LogP) is 1.20. The van der Waals surface area contributed by atoms with Gasteiger partial charge >= 0.3 is 0 Å². The van der Waals surface area contributed by atoms with Gasteiger partial charge in [0.2, 0.25) is 0 Å². The summed E-state index contributed by atoms with van der Waals surface area (Å²) >= 11 is 0. The molecule has 0 aliphatic rings. The van der Waals surface area contributed by atoms with E-state index in [2.05, 4.69) is 9.97 Å². The number of hydrogen-bond donors (Lipinski definition) is 2. The molecule has 0 aliphatic heterocycles. The van der Waals surface area contributed by atoms with Crippen LogP contribution in [0.25, 0.3) is 11.4 Å². The summed E-state index contributed by atoms with van der Waals surface area (Å²) in [5.74, 6) is 0.566. The van der Waals surface area contributed by atoms with Crippen LogP contribution in [0.4, 0.5) is 0 Å². The number of nitrogens with zero attached hydrogens (tertiary/aromatic N) is 1. The summed E-state index contributed by atoms with van der Waals surface area (Å²) in [7, 11) is 0. The van der Waals surface area contributed by atoms with E-state index in [0.29, 0.717) is 11.5 Å². The van der Waals surface area contributed by atoms with Crippen molar-refractivity contribution in [1.29, 1.82) is 0 Å². The Bertz CT molecular complexity index is 560. The number of H-pyrrole nitrogens is 1. The van der Waals surface area contributed by atoms with E-state index >= 15 is 0 Å². The number of aromatic nitrogens is 2. The first kappa shape index (κ1) is 10.6. The van der Waals surface area contributed by atoms with Gasteiger partial charge in [-0.3, -0.25) is 4.79 Å². The zero-order valence-electron chi connectivity index (χ0n) is 9.03. The molecule has 1 heterocycles. The van der Waals surface area contributed by atoms with E-state index in [1.165, 1.54) is 6.07 Å². The van der Waals surface area contributed by atoms with Crippen molar-refractivity contribution in [3.63, 3.8) is 0 Å². The topological polar surface area (TPSA) is 71.8 Å². The van der Waals surface area contributed by atoms with Gasteiger partial charge in [-0.2, -0.15) is 0 Å². The van der Waals surface area contributed by atoms with Gasteiger partial charge in [0, 0.05) is 18.2 Å². The molecule has 2 aromatic rings. The van der Waals surface area contributed by atoms with Crippen LogP contribution in [-0.2, 0) is 6.54 Å². The molecule has 0 saturated heterocycles. The fraction of sp³-hybridized carbons (Fsp3) is 0.167. The van der Waals surface area contributed by atoms with E-state index in [0.717, 1.165) is 11.1 Å². The molecule has 0 atom stereocenters. The molecule has 0 radical (unpaired) electrons. The molecule has 0 aliphatic carbocycles. The molecule has 1 aromatic carbocycles. The summed E-state index contributed by atoms with van der Waals surface area (Å²) in [4.78, 5) is 18.4. The van der Waals surface area contributed by atoms with Gasteiger partial charge in [-0.15, -0.1) is 0 Å². The Morgan fingerprint density at radius 3 is 2.88 bits per heavy atom. The van der Waals surface area contributed by atoms with E-state index < -0.39 is 0 Å². The lowest BCUT2D eigenvalue weighted by molar-refractivity contribution is 0.956. The molecule has 0 amide bonds. The van der Waals surface area contributed by atoms with Gasteiger partial charge in [0.15, 0.2) is 0 Å². The summed E-state index contributed by atoms with van der Waals surface area (Å²) in [6, 6.07) is 9.22.